The van der Waals surface area contributed by atoms with Gasteiger partial charge in [-0.15, -0.1) is 11.3 Å². The lowest BCUT2D eigenvalue weighted by molar-refractivity contribution is -0.141. The second-order valence-electron chi connectivity index (χ2n) is 3.31. The smallest absolute Gasteiger partial charge is 0.306 e. The minimum absolute atomic E-state index is 0.0747. The number of esters is 1. The summed E-state index contributed by atoms with van der Waals surface area (Å²) in [6.07, 6.45) is 0.267. The maximum Gasteiger partial charge on any atom is 0.306 e. The van der Waals surface area contributed by atoms with Crippen LogP contribution in [0.5, 0.6) is 0 Å². The Morgan fingerprint density at radius 3 is 2.94 bits per heavy atom. The quantitative estimate of drug-likeness (QED) is 0.752. The average Bonchev–Trinajstić information content (AvgIpc) is 2.74. The highest BCUT2D eigenvalue weighted by Crippen LogP contribution is 2.21. The van der Waals surface area contributed by atoms with Crippen LogP contribution in [-0.2, 0) is 20.9 Å². The molecule has 0 aliphatic carbocycles. The Bertz CT molecular complexity index is 341. The number of thiazole rings is 1. The molecule has 0 radical (unpaired) electrons. The molecule has 1 aromatic rings. The molecule has 1 aromatic heterocycles. The van der Waals surface area contributed by atoms with E-state index in [-0.39, 0.29) is 18.3 Å². The minimum atomic E-state index is -0.267. The molecule has 0 saturated heterocycles. The standard InChI is InChI=1S/C10H16N2O3S/c1-14-5-9-12-8(6-16-9)7(4-11)3-10(13)15-2/h6-7H,3-5,11H2,1-2H3. The van der Waals surface area contributed by atoms with Crippen LogP contribution in [0, 0.1) is 0 Å². The molecule has 1 heterocycles. The van der Waals surface area contributed by atoms with Crippen molar-refractivity contribution >= 4 is 17.3 Å². The number of methoxy groups -OCH3 is 2. The molecule has 5 nitrogen and oxygen atoms in total. The summed E-state index contributed by atoms with van der Waals surface area (Å²) in [6.45, 7) is 0.867. The lowest BCUT2D eigenvalue weighted by Crippen LogP contribution is -2.17. The first-order chi connectivity index (χ1) is 7.71. The van der Waals surface area contributed by atoms with Gasteiger partial charge in [-0.1, -0.05) is 0 Å². The Balaban J connectivity index is 2.67. The van der Waals surface area contributed by atoms with Crippen molar-refractivity contribution in [2.45, 2.75) is 18.9 Å². The van der Waals surface area contributed by atoms with Crippen molar-refractivity contribution in [1.29, 1.82) is 0 Å². The van der Waals surface area contributed by atoms with Crippen LogP contribution in [0.25, 0.3) is 0 Å². The van der Waals surface area contributed by atoms with Gasteiger partial charge in [0, 0.05) is 25.0 Å². The van der Waals surface area contributed by atoms with Crippen molar-refractivity contribution in [1.82, 2.24) is 4.98 Å². The largest absolute Gasteiger partial charge is 0.469 e. The predicted molar refractivity (Wildman–Crippen MR) is 61.3 cm³/mol. The zero-order chi connectivity index (χ0) is 12.0. The average molecular weight is 244 g/mol. The Hall–Kier alpha value is -0.980. The maximum absolute atomic E-state index is 11.2. The fourth-order valence-electron chi connectivity index (χ4n) is 1.30. The maximum atomic E-state index is 11.2. The van der Waals surface area contributed by atoms with Gasteiger partial charge in [0.1, 0.15) is 5.01 Å². The normalized spacial score (nSPS) is 12.4. The van der Waals surface area contributed by atoms with Gasteiger partial charge in [-0.05, 0) is 0 Å². The van der Waals surface area contributed by atoms with Gasteiger partial charge in [0.25, 0.3) is 0 Å². The Labute approximate surface area is 98.6 Å². The third-order valence-corrected chi connectivity index (χ3v) is 3.02. The first-order valence-electron chi connectivity index (χ1n) is 4.91. The summed E-state index contributed by atoms with van der Waals surface area (Å²) < 4.78 is 9.60. The molecule has 1 unspecified atom stereocenters. The molecule has 0 aromatic carbocycles. The number of hydrogen-bond donors (Lipinski definition) is 1. The molecular weight excluding hydrogens is 228 g/mol. The van der Waals surface area contributed by atoms with E-state index in [2.05, 4.69) is 9.72 Å². The topological polar surface area (TPSA) is 74.4 Å². The number of rotatable bonds is 6. The van der Waals surface area contributed by atoms with E-state index in [1.165, 1.54) is 18.4 Å². The minimum Gasteiger partial charge on any atom is -0.469 e. The van der Waals surface area contributed by atoms with Crippen LogP contribution in [0.4, 0.5) is 0 Å². The number of ether oxygens (including phenoxy) is 2. The summed E-state index contributed by atoms with van der Waals surface area (Å²) in [6, 6.07) is 0. The molecule has 0 fully saturated rings. The van der Waals surface area contributed by atoms with Gasteiger partial charge in [-0.25, -0.2) is 4.98 Å². The second-order valence-corrected chi connectivity index (χ2v) is 4.25. The van der Waals surface area contributed by atoms with Gasteiger partial charge >= 0.3 is 5.97 Å². The number of aromatic nitrogens is 1. The van der Waals surface area contributed by atoms with Crippen molar-refractivity contribution in [3.63, 3.8) is 0 Å². The molecule has 90 valence electrons. The van der Waals surface area contributed by atoms with Gasteiger partial charge in [-0.3, -0.25) is 4.79 Å². The van der Waals surface area contributed by atoms with E-state index in [9.17, 15) is 4.79 Å². The molecule has 2 N–H and O–H groups in total. The molecule has 0 bridgehead atoms. The lowest BCUT2D eigenvalue weighted by Gasteiger charge is -2.09. The summed E-state index contributed by atoms with van der Waals surface area (Å²) in [5, 5.41) is 2.80. The fourth-order valence-corrected chi connectivity index (χ4v) is 2.14. The Morgan fingerprint density at radius 2 is 2.38 bits per heavy atom. The molecule has 1 atom stereocenters. The zero-order valence-electron chi connectivity index (χ0n) is 9.43. The van der Waals surface area contributed by atoms with E-state index in [4.69, 9.17) is 10.5 Å². The highest BCUT2D eigenvalue weighted by atomic mass is 32.1. The van der Waals surface area contributed by atoms with E-state index >= 15 is 0 Å². The number of nitrogens with two attached hydrogens (primary N) is 1. The van der Waals surface area contributed by atoms with E-state index in [1.807, 2.05) is 5.38 Å². The first-order valence-corrected chi connectivity index (χ1v) is 5.79. The number of nitrogens with zero attached hydrogens (tertiary/aromatic N) is 1. The van der Waals surface area contributed by atoms with Crippen LogP contribution in [0.3, 0.4) is 0 Å². The Morgan fingerprint density at radius 1 is 1.62 bits per heavy atom. The number of carbonyl (C=O) groups excluding carboxylic acids is 1. The van der Waals surface area contributed by atoms with Crippen molar-refractivity contribution in [3.05, 3.63) is 16.1 Å². The molecule has 0 saturated carbocycles. The lowest BCUT2D eigenvalue weighted by atomic mass is 10.0. The zero-order valence-corrected chi connectivity index (χ0v) is 10.3. The van der Waals surface area contributed by atoms with Gasteiger partial charge < -0.3 is 15.2 Å². The van der Waals surface area contributed by atoms with Crippen LogP contribution < -0.4 is 5.73 Å². The third-order valence-electron chi connectivity index (χ3n) is 2.18. The number of hydrogen-bond acceptors (Lipinski definition) is 6. The van der Waals surface area contributed by atoms with E-state index < -0.39 is 0 Å². The van der Waals surface area contributed by atoms with Gasteiger partial charge in [0.2, 0.25) is 0 Å². The summed E-state index contributed by atoms with van der Waals surface area (Å²) in [7, 11) is 2.99. The summed E-state index contributed by atoms with van der Waals surface area (Å²) in [5.74, 6) is -0.342. The van der Waals surface area contributed by atoms with Crippen LogP contribution in [0.2, 0.25) is 0 Å². The van der Waals surface area contributed by atoms with Crippen LogP contribution in [0.1, 0.15) is 23.0 Å². The molecule has 0 spiro atoms. The second kappa shape index (κ2) is 6.57. The summed E-state index contributed by atoms with van der Waals surface area (Å²) >= 11 is 1.51. The van der Waals surface area contributed by atoms with Crippen LogP contribution in [-0.4, -0.2) is 31.7 Å². The molecule has 0 amide bonds. The van der Waals surface area contributed by atoms with Crippen molar-refractivity contribution in [3.8, 4) is 0 Å². The molecule has 0 aliphatic rings. The molecular formula is C10H16N2O3S. The summed E-state index contributed by atoms with van der Waals surface area (Å²) in [4.78, 5) is 15.5. The predicted octanol–water partition coefficient (Wildman–Crippen LogP) is 0.895. The van der Waals surface area contributed by atoms with Crippen molar-refractivity contribution in [2.75, 3.05) is 20.8 Å². The first kappa shape index (κ1) is 13.1. The van der Waals surface area contributed by atoms with Gasteiger partial charge in [-0.2, -0.15) is 0 Å². The highest BCUT2D eigenvalue weighted by molar-refractivity contribution is 7.09. The third kappa shape index (κ3) is 3.55. The molecule has 0 aliphatic heterocycles. The van der Waals surface area contributed by atoms with E-state index in [1.54, 1.807) is 7.11 Å². The van der Waals surface area contributed by atoms with Crippen molar-refractivity contribution in [2.24, 2.45) is 5.73 Å². The van der Waals surface area contributed by atoms with Crippen LogP contribution >= 0.6 is 11.3 Å². The van der Waals surface area contributed by atoms with E-state index in [0.29, 0.717) is 13.2 Å². The highest BCUT2D eigenvalue weighted by Gasteiger charge is 2.17. The van der Waals surface area contributed by atoms with Crippen molar-refractivity contribution < 1.29 is 14.3 Å². The van der Waals surface area contributed by atoms with Gasteiger partial charge in [0.15, 0.2) is 0 Å². The molecule has 6 heteroatoms. The van der Waals surface area contributed by atoms with Gasteiger partial charge in [0.05, 0.1) is 25.8 Å². The Kier molecular flexibility index (Phi) is 5.37. The van der Waals surface area contributed by atoms with Crippen LogP contribution in [0.15, 0.2) is 5.38 Å². The number of carbonyl (C=O) groups is 1. The van der Waals surface area contributed by atoms with E-state index in [0.717, 1.165) is 10.7 Å². The monoisotopic (exact) mass is 244 g/mol. The SMILES string of the molecule is COCc1nc(C(CN)CC(=O)OC)cs1. The molecule has 1 rings (SSSR count). The summed E-state index contributed by atoms with van der Waals surface area (Å²) in [5.41, 5.74) is 6.45. The fraction of sp³-hybridized carbons (Fsp3) is 0.600. The molecule has 16 heavy (non-hydrogen) atoms.